The molecule has 1 N–H and O–H groups in total. The van der Waals surface area contributed by atoms with Gasteiger partial charge >= 0.3 is 11.1 Å². The molecule has 1 rings (SSSR count). The van der Waals surface area contributed by atoms with E-state index in [0.717, 1.165) is 4.57 Å². The first-order valence-electron chi connectivity index (χ1n) is 4.27. The van der Waals surface area contributed by atoms with E-state index in [9.17, 15) is 9.59 Å². The van der Waals surface area contributed by atoms with Crippen molar-refractivity contribution in [2.24, 2.45) is 0 Å². The van der Waals surface area contributed by atoms with Crippen LogP contribution in [-0.2, 0) is 16.0 Å². The van der Waals surface area contributed by atoms with Gasteiger partial charge in [0.2, 0.25) is 0 Å². The summed E-state index contributed by atoms with van der Waals surface area (Å²) >= 11 is 0. The SMILES string of the molecule is COC(C)(Cn1cn[nH]c(=O)c1=O)OC. The highest BCUT2D eigenvalue weighted by atomic mass is 16.7. The van der Waals surface area contributed by atoms with Gasteiger partial charge in [0.25, 0.3) is 0 Å². The summed E-state index contributed by atoms with van der Waals surface area (Å²) in [6.07, 6.45) is 1.22. The molecule has 0 spiro atoms. The number of aromatic amines is 1. The third-order valence-corrected chi connectivity index (χ3v) is 2.14. The zero-order chi connectivity index (χ0) is 11.5. The van der Waals surface area contributed by atoms with Crippen LogP contribution in [0.25, 0.3) is 0 Å². The maximum absolute atomic E-state index is 11.3. The van der Waals surface area contributed by atoms with Gasteiger partial charge in [-0.15, -0.1) is 0 Å². The Morgan fingerprint density at radius 2 is 2.07 bits per heavy atom. The first kappa shape index (κ1) is 11.6. The van der Waals surface area contributed by atoms with Gasteiger partial charge < -0.3 is 9.47 Å². The molecule has 0 aromatic carbocycles. The van der Waals surface area contributed by atoms with Crippen LogP contribution in [0.2, 0.25) is 0 Å². The molecule has 0 aliphatic carbocycles. The lowest BCUT2D eigenvalue weighted by molar-refractivity contribution is -0.202. The first-order chi connectivity index (χ1) is 7.02. The van der Waals surface area contributed by atoms with Crippen molar-refractivity contribution >= 4 is 0 Å². The van der Waals surface area contributed by atoms with E-state index in [1.54, 1.807) is 6.92 Å². The second kappa shape index (κ2) is 4.37. The summed E-state index contributed by atoms with van der Waals surface area (Å²) in [6.45, 7) is 1.75. The van der Waals surface area contributed by atoms with Crippen molar-refractivity contribution in [2.75, 3.05) is 14.2 Å². The molecule has 1 aromatic heterocycles. The molecule has 7 heteroatoms. The Bertz CT molecular complexity index is 432. The summed E-state index contributed by atoms with van der Waals surface area (Å²) in [7, 11) is 2.91. The molecule has 0 saturated heterocycles. The fourth-order valence-corrected chi connectivity index (χ4v) is 1.02. The van der Waals surface area contributed by atoms with Crippen molar-refractivity contribution in [3.63, 3.8) is 0 Å². The third kappa shape index (κ3) is 2.51. The molecule has 0 aliphatic rings. The van der Waals surface area contributed by atoms with Gasteiger partial charge in [-0.2, -0.15) is 5.10 Å². The topological polar surface area (TPSA) is 86.2 Å². The number of aromatic nitrogens is 3. The standard InChI is InChI=1S/C8H13N3O4/c1-8(14-2,15-3)4-11-5-9-10-6(12)7(11)13/h5H,4H2,1-3H3,(H,10,12). The van der Waals surface area contributed by atoms with Crippen molar-refractivity contribution in [1.29, 1.82) is 0 Å². The average Bonchev–Trinajstić information content (AvgIpc) is 2.25. The molecule has 84 valence electrons. The first-order valence-corrected chi connectivity index (χ1v) is 4.27. The number of hydrogen-bond acceptors (Lipinski definition) is 5. The molecule has 0 atom stereocenters. The molecule has 0 amide bonds. The molecule has 1 aromatic rings. The van der Waals surface area contributed by atoms with Crippen molar-refractivity contribution in [3.8, 4) is 0 Å². The summed E-state index contributed by atoms with van der Waals surface area (Å²) in [5, 5.41) is 5.55. The number of nitrogens with zero attached hydrogens (tertiary/aromatic N) is 2. The van der Waals surface area contributed by atoms with Gasteiger partial charge in [0.15, 0.2) is 5.79 Å². The predicted molar refractivity (Wildman–Crippen MR) is 51.5 cm³/mol. The summed E-state index contributed by atoms with van der Waals surface area (Å²) < 4.78 is 11.3. The van der Waals surface area contributed by atoms with Gasteiger partial charge in [-0.1, -0.05) is 0 Å². The molecule has 1 heterocycles. The molecule has 7 nitrogen and oxygen atoms in total. The minimum Gasteiger partial charge on any atom is -0.352 e. The van der Waals surface area contributed by atoms with Crippen LogP contribution in [-0.4, -0.2) is 34.8 Å². The van der Waals surface area contributed by atoms with E-state index >= 15 is 0 Å². The fraction of sp³-hybridized carbons (Fsp3) is 0.625. The molecule has 0 saturated carbocycles. The van der Waals surface area contributed by atoms with E-state index in [1.807, 2.05) is 5.10 Å². The highest BCUT2D eigenvalue weighted by molar-refractivity contribution is 4.77. The van der Waals surface area contributed by atoms with Gasteiger partial charge in [-0.05, 0) is 6.92 Å². The van der Waals surface area contributed by atoms with Crippen LogP contribution in [0.3, 0.4) is 0 Å². The third-order valence-electron chi connectivity index (χ3n) is 2.14. The monoisotopic (exact) mass is 215 g/mol. The van der Waals surface area contributed by atoms with Crippen LogP contribution in [0.5, 0.6) is 0 Å². The molecule has 0 bridgehead atoms. The Morgan fingerprint density at radius 1 is 1.47 bits per heavy atom. The summed E-state index contributed by atoms with van der Waals surface area (Å²) in [6, 6.07) is 0. The molecular weight excluding hydrogens is 202 g/mol. The highest BCUT2D eigenvalue weighted by Gasteiger charge is 2.24. The predicted octanol–water partition coefficient (Wildman–Crippen LogP) is -1.06. The summed E-state index contributed by atoms with van der Waals surface area (Å²) in [5.74, 6) is -0.959. The summed E-state index contributed by atoms with van der Waals surface area (Å²) in [4.78, 5) is 22.3. The maximum atomic E-state index is 11.3. The average molecular weight is 215 g/mol. The molecule has 0 unspecified atom stereocenters. The smallest absolute Gasteiger partial charge is 0.330 e. The summed E-state index contributed by atoms with van der Waals surface area (Å²) in [5.41, 5.74) is -1.46. The van der Waals surface area contributed by atoms with Crippen molar-refractivity contribution in [2.45, 2.75) is 19.3 Å². The number of methoxy groups -OCH3 is 2. The Balaban J connectivity index is 3.05. The molecule has 0 aliphatic heterocycles. The van der Waals surface area contributed by atoms with Gasteiger partial charge in [0, 0.05) is 14.2 Å². The molecular formula is C8H13N3O4. The van der Waals surface area contributed by atoms with E-state index in [-0.39, 0.29) is 6.54 Å². The lowest BCUT2D eigenvalue weighted by Gasteiger charge is -2.26. The Labute approximate surface area is 85.6 Å². The number of hydrogen-bond donors (Lipinski definition) is 1. The van der Waals surface area contributed by atoms with E-state index in [2.05, 4.69) is 5.10 Å². The zero-order valence-corrected chi connectivity index (χ0v) is 8.81. The van der Waals surface area contributed by atoms with Crippen LogP contribution >= 0.6 is 0 Å². The van der Waals surface area contributed by atoms with Crippen LogP contribution in [0.4, 0.5) is 0 Å². The number of nitrogens with one attached hydrogen (secondary N) is 1. The lowest BCUT2D eigenvalue weighted by Crippen LogP contribution is -2.44. The van der Waals surface area contributed by atoms with Crippen molar-refractivity contribution in [3.05, 3.63) is 27.0 Å². The Hall–Kier alpha value is -1.47. The van der Waals surface area contributed by atoms with Gasteiger partial charge in [-0.25, -0.2) is 5.10 Å². The van der Waals surface area contributed by atoms with Crippen LogP contribution in [0.15, 0.2) is 15.9 Å². The number of H-pyrrole nitrogens is 1. The maximum Gasteiger partial charge on any atom is 0.330 e. The van der Waals surface area contributed by atoms with E-state index < -0.39 is 16.9 Å². The van der Waals surface area contributed by atoms with E-state index in [4.69, 9.17) is 9.47 Å². The quantitative estimate of drug-likeness (QED) is 0.511. The van der Waals surface area contributed by atoms with Crippen LogP contribution < -0.4 is 11.1 Å². The minimum atomic E-state index is -0.959. The molecule has 0 fully saturated rings. The van der Waals surface area contributed by atoms with Gasteiger partial charge in [-0.3, -0.25) is 14.2 Å². The van der Waals surface area contributed by atoms with Crippen LogP contribution in [0.1, 0.15) is 6.92 Å². The van der Waals surface area contributed by atoms with E-state index in [1.165, 1.54) is 20.5 Å². The number of rotatable bonds is 4. The normalized spacial score (nSPS) is 11.7. The van der Waals surface area contributed by atoms with Crippen molar-refractivity contribution in [1.82, 2.24) is 14.8 Å². The van der Waals surface area contributed by atoms with E-state index in [0.29, 0.717) is 0 Å². The van der Waals surface area contributed by atoms with Crippen molar-refractivity contribution < 1.29 is 9.47 Å². The minimum absolute atomic E-state index is 0.0930. The highest BCUT2D eigenvalue weighted by Crippen LogP contribution is 2.10. The Kier molecular flexibility index (Phi) is 3.38. The van der Waals surface area contributed by atoms with Gasteiger partial charge in [0.05, 0.1) is 6.54 Å². The molecule has 0 radical (unpaired) electrons. The fourth-order valence-electron chi connectivity index (χ4n) is 1.02. The largest absolute Gasteiger partial charge is 0.352 e. The zero-order valence-electron chi connectivity index (χ0n) is 8.81. The second-order valence-corrected chi connectivity index (χ2v) is 3.16. The number of ether oxygens (including phenoxy) is 2. The second-order valence-electron chi connectivity index (χ2n) is 3.16. The lowest BCUT2D eigenvalue weighted by atomic mass is 10.3. The Morgan fingerprint density at radius 3 is 2.60 bits per heavy atom. The van der Waals surface area contributed by atoms with Gasteiger partial charge in [0.1, 0.15) is 6.33 Å². The molecule has 15 heavy (non-hydrogen) atoms. The van der Waals surface area contributed by atoms with Crippen LogP contribution in [0, 0.1) is 0 Å².